The molecule has 0 bridgehead atoms. The van der Waals surface area contributed by atoms with Crippen molar-refractivity contribution in [2.75, 3.05) is 4.90 Å². The molecule has 0 N–H and O–H groups in total. The molecule has 1 heterocycles. The van der Waals surface area contributed by atoms with E-state index in [4.69, 9.17) is 4.74 Å². The van der Waals surface area contributed by atoms with Crippen LogP contribution in [0.4, 0.5) is 5.69 Å². The minimum atomic E-state index is -3.69. The van der Waals surface area contributed by atoms with Gasteiger partial charge in [0.05, 0.1) is 17.4 Å². The third-order valence-electron chi connectivity index (χ3n) is 4.88. The van der Waals surface area contributed by atoms with Gasteiger partial charge >= 0.3 is 5.97 Å². The number of carbonyl (C=O) groups is 3. The first-order chi connectivity index (χ1) is 12.3. The summed E-state index contributed by atoms with van der Waals surface area (Å²) >= 11 is 0. The SMILES string of the molecule is CC(=O)Oc1ccc(N2C(=O)CC(S(=O)(=O)C3CCCCC3)C2=O)cc1. The van der Waals surface area contributed by atoms with E-state index >= 15 is 0 Å². The predicted octanol–water partition coefficient (Wildman–Crippen LogP) is 1.99. The first kappa shape index (κ1) is 18.6. The molecule has 1 saturated heterocycles. The fourth-order valence-electron chi connectivity index (χ4n) is 3.59. The van der Waals surface area contributed by atoms with Gasteiger partial charge < -0.3 is 4.74 Å². The number of imide groups is 1. The minimum absolute atomic E-state index is 0.275. The lowest BCUT2D eigenvalue weighted by Gasteiger charge is -2.24. The number of amides is 2. The Morgan fingerprint density at radius 1 is 1.08 bits per heavy atom. The van der Waals surface area contributed by atoms with Crippen LogP contribution in [-0.2, 0) is 24.2 Å². The predicted molar refractivity (Wildman–Crippen MR) is 94.4 cm³/mol. The van der Waals surface area contributed by atoms with Crippen molar-refractivity contribution in [2.45, 2.75) is 55.9 Å². The van der Waals surface area contributed by atoms with E-state index in [0.29, 0.717) is 12.8 Å². The van der Waals surface area contributed by atoms with Crippen LogP contribution in [0.1, 0.15) is 45.4 Å². The van der Waals surface area contributed by atoms with Crippen LogP contribution in [-0.4, -0.2) is 36.7 Å². The number of esters is 1. The number of carbonyl (C=O) groups excluding carboxylic acids is 3. The van der Waals surface area contributed by atoms with Gasteiger partial charge in [-0.15, -0.1) is 0 Å². The Morgan fingerprint density at radius 2 is 1.69 bits per heavy atom. The van der Waals surface area contributed by atoms with E-state index in [1.807, 2.05) is 0 Å². The van der Waals surface area contributed by atoms with Crippen molar-refractivity contribution in [3.8, 4) is 5.75 Å². The van der Waals surface area contributed by atoms with Crippen molar-refractivity contribution in [1.82, 2.24) is 0 Å². The first-order valence-corrected chi connectivity index (χ1v) is 10.3. The monoisotopic (exact) mass is 379 g/mol. The molecule has 1 unspecified atom stereocenters. The van der Waals surface area contributed by atoms with Gasteiger partial charge in [0, 0.05) is 6.92 Å². The third-order valence-corrected chi connectivity index (χ3v) is 7.44. The standard InChI is InChI=1S/C18H21NO6S/c1-12(20)25-14-9-7-13(8-10-14)19-17(21)11-16(18(19)22)26(23,24)15-5-3-2-4-6-15/h7-10,15-16H,2-6,11H2,1H3. The van der Waals surface area contributed by atoms with Gasteiger partial charge in [-0.3, -0.25) is 14.4 Å². The summed E-state index contributed by atoms with van der Waals surface area (Å²) < 4.78 is 30.6. The maximum atomic E-state index is 12.8. The van der Waals surface area contributed by atoms with Crippen LogP contribution in [0.5, 0.6) is 5.75 Å². The van der Waals surface area contributed by atoms with Crippen LogP contribution >= 0.6 is 0 Å². The summed E-state index contributed by atoms with van der Waals surface area (Å²) in [6, 6.07) is 5.84. The Morgan fingerprint density at radius 3 is 2.27 bits per heavy atom. The van der Waals surface area contributed by atoms with Crippen LogP contribution < -0.4 is 9.64 Å². The molecular weight excluding hydrogens is 358 g/mol. The highest BCUT2D eigenvalue weighted by molar-refractivity contribution is 7.93. The van der Waals surface area contributed by atoms with Gasteiger partial charge in [-0.2, -0.15) is 0 Å². The summed E-state index contributed by atoms with van der Waals surface area (Å²) in [6.07, 6.45) is 3.46. The zero-order valence-corrected chi connectivity index (χ0v) is 15.3. The summed E-state index contributed by atoms with van der Waals surface area (Å²) in [5.41, 5.74) is 0.275. The molecule has 1 aromatic carbocycles. The van der Waals surface area contributed by atoms with Crippen LogP contribution in [0.25, 0.3) is 0 Å². The summed E-state index contributed by atoms with van der Waals surface area (Å²) in [5, 5.41) is -1.84. The fraction of sp³-hybridized carbons (Fsp3) is 0.500. The van der Waals surface area contributed by atoms with Gasteiger partial charge in [-0.25, -0.2) is 13.3 Å². The van der Waals surface area contributed by atoms with Gasteiger partial charge in [-0.1, -0.05) is 19.3 Å². The van der Waals surface area contributed by atoms with Crippen LogP contribution in [0, 0.1) is 0 Å². The van der Waals surface area contributed by atoms with Gasteiger partial charge in [-0.05, 0) is 37.1 Å². The molecule has 1 aliphatic carbocycles. The molecule has 0 radical (unpaired) electrons. The van der Waals surface area contributed by atoms with Crippen LogP contribution in [0.15, 0.2) is 24.3 Å². The largest absolute Gasteiger partial charge is 0.427 e. The van der Waals surface area contributed by atoms with Crippen LogP contribution in [0.2, 0.25) is 0 Å². The Labute approximate surface area is 152 Å². The number of rotatable bonds is 4. The number of ether oxygens (including phenoxy) is 1. The Kier molecular flexibility index (Phi) is 5.13. The zero-order valence-electron chi connectivity index (χ0n) is 14.5. The smallest absolute Gasteiger partial charge is 0.308 e. The summed E-state index contributed by atoms with van der Waals surface area (Å²) in [7, 11) is -3.69. The van der Waals surface area contributed by atoms with Gasteiger partial charge in [0.2, 0.25) is 5.91 Å². The van der Waals surface area contributed by atoms with E-state index in [1.54, 1.807) is 0 Å². The lowest BCUT2D eigenvalue weighted by Crippen LogP contribution is -2.40. The minimum Gasteiger partial charge on any atom is -0.427 e. The van der Waals surface area contributed by atoms with Gasteiger partial charge in [0.1, 0.15) is 11.0 Å². The highest BCUT2D eigenvalue weighted by atomic mass is 32.2. The van der Waals surface area contributed by atoms with Crippen molar-refractivity contribution in [2.24, 2.45) is 0 Å². The molecule has 7 nitrogen and oxygen atoms in total. The Hall–Kier alpha value is -2.22. The lowest BCUT2D eigenvalue weighted by atomic mass is 10.0. The molecule has 0 spiro atoms. The lowest BCUT2D eigenvalue weighted by molar-refractivity contribution is -0.132. The number of hydrogen-bond acceptors (Lipinski definition) is 6. The molecule has 2 fully saturated rings. The van der Waals surface area contributed by atoms with Crippen molar-refractivity contribution >= 4 is 33.3 Å². The van der Waals surface area contributed by atoms with Crippen molar-refractivity contribution in [1.29, 1.82) is 0 Å². The molecule has 26 heavy (non-hydrogen) atoms. The van der Waals surface area contributed by atoms with E-state index in [2.05, 4.69) is 0 Å². The molecule has 2 aliphatic rings. The molecule has 1 aliphatic heterocycles. The molecule has 1 atom stereocenters. The summed E-state index contributed by atoms with van der Waals surface area (Å²) in [6.45, 7) is 1.27. The Balaban J connectivity index is 1.81. The summed E-state index contributed by atoms with van der Waals surface area (Å²) in [4.78, 5) is 36.9. The van der Waals surface area contributed by atoms with E-state index < -0.39 is 38.1 Å². The number of anilines is 1. The van der Waals surface area contributed by atoms with Crippen LogP contribution in [0.3, 0.4) is 0 Å². The van der Waals surface area contributed by atoms with Gasteiger partial charge in [0.25, 0.3) is 5.91 Å². The average molecular weight is 379 g/mol. The molecule has 0 aromatic heterocycles. The summed E-state index contributed by atoms with van der Waals surface area (Å²) in [5.74, 6) is -1.42. The van der Waals surface area contributed by atoms with E-state index in [1.165, 1.54) is 31.2 Å². The topological polar surface area (TPSA) is 97.8 Å². The molecule has 3 rings (SSSR count). The normalized spacial score (nSPS) is 21.9. The molecule has 140 valence electrons. The maximum absolute atomic E-state index is 12.8. The second kappa shape index (κ2) is 7.19. The molecule has 8 heteroatoms. The molecule has 2 amide bonds. The molecule has 1 saturated carbocycles. The maximum Gasteiger partial charge on any atom is 0.308 e. The van der Waals surface area contributed by atoms with E-state index in [-0.39, 0.29) is 17.9 Å². The van der Waals surface area contributed by atoms with E-state index in [9.17, 15) is 22.8 Å². The highest BCUT2D eigenvalue weighted by Gasteiger charge is 2.49. The number of nitrogens with zero attached hydrogens (tertiary/aromatic N) is 1. The zero-order chi connectivity index (χ0) is 18.9. The number of benzene rings is 1. The van der Waals surface area contributed by atoms with Crippen molar-refractivity contribution in [3.63, 3.8) is 0 Å². The Bertz CT molecular complexity index is 824. The molecular formula is C18H21NO6S. The van der Waals surface area contributed by atoms with Crippen molar-refractivity contribution in [3.05, 3.63) is 24.3 Å². The van der Waals surface area contributed by atoms with E-state index in [0.717, 1.165) is 24.2 Å². The van der Waals surface area contributed by atoms with Gasteiger partial charge in [0.15, 0.2) is 9.84 Å². The average Bonchev–Trinajstić information content (AvgIpc) is 2.91. The fourth-order valence-corrected chi connectivity index (χ4v) is 5.80. The number of hydrogen-bond donors (Lipinski definition) is 0. The first-order valence-electron chi connectivity index (χ1n) is 8.68. The number of sulfone groups is 1. The highest BCUT2D eigenvalue weighted by Crippen LogP contribution is 2.33. The quantitative estimate of drug-likeness (QED) is 0.451. The second-order valence-electron chi connectivity index (χ2n) is 6.70. The van der Waals surface area contributed by atoms with Crippen molar-refractivity contribution < 1.29 is 27.5 Å². The third kappa shape index (κ3) is 3.51. The second-order valence-corrected chi connectivity index (χ2v) is 9.11. The molecule has 1 aromatic rings.